The normalized spacial score (nSPS) is 19.9. The fraction of sp³-hybridized carbons (Fsp3) is 0.593. The quantitative estimate of drug-likeness (QED) is 0.610. The number of carbonyl (C=O) groups is 2. The van der Waals surface area contributed by atoms with Crippen molar-refractivity contribution in [1.82, 2.24) is 9.88 Å². The second kappa shape index (κ2) is 10.3. The Morgan fingerprint density at radius 1 is 1.18 bits per heavy atom. The lowest BCUT2D eigenvalue weighted by Gasteiger charge is -2.32. The number of hydrogen-bond acceptors (Lipinski definition) is 6. The van der Waals surface area contributed by atoms with Gasteiger partial charge in [-0.1, -0.05) is 45.0 Å². The average Bonchev–Trinajstić information content (AvgIpc) is 3.35. The molecule has 7 heteroatoms. The summed E-state index contributed by atoms with van der Waals surface area (Å²) in [7, 11) is 0. The molecule has 2 heterocycles. The van der Waals surface area contributed by atoms with Gasteiger partial charge in [0, 0.05) is 19.4 Å². The van der Waals surface area contributed by atoms with Crippen molar-refractivity contribution in [2.24, 2.45) is 11.1 Å². The van der Waals surface area contributed by atoms with Gasteiger partial charge in [-0.15, -0.1) is 11.3 Å². The first-order chi connectivity index (χ1) is 15.8. The van der Waals surface area contributed by atoms with Gasteiger partial charge in [-0.05, 0) is 50.7 Å². The zero-order valence-electron chi connectivity index (χ0n) is 21.6. The molecule has 3 atom stereocenters. The summed E-state index contributed by atoms with van der Waals surface area (Å²) in [4.78, 5) is 33.7. The summed E-state index contributed by atoms with van der Waals surface area (Å²) in [5, 5.41) is 0. The van der Waals surface area contributed by atoms with E-state index >= 15 is 0 Å². The zero-order valence-corrected chi connectivity index (χ0v) is 22.4. The van der Waals surface area contributed by atoms with Crippen LogP contribution >= 0.6 is 11.3 Å². The van der Waals surface area contributed by atoms with Crippen molar-refractivity contribution in [3.63, 3.8) is 0 Å². The van der Waals surface area contributed by atoms with E-state index in [1.54, 1.807) is 16.2 Å². The molecule has 1 aromatic carbocycles. The summed E-state index contributed by atoms with van der Waals surface area (Å²) in [6.07, 6.45) is 1.35. The zero-order chi connectivity index (χ0) is 25.3. The first-order valence-electron chi connectivity index (χ1n) is 12.0. The molecule has 1 aliphatic rings. The van der Waals surface area contributed by atoms with Gasteiger partial charge in [-0.2, -0.15) is 0 Å². The second-order valence-corrected chi connectivity index (χ2v) is 12.2. The molecule has 1 aliphatic heterocycles. The predicted molar refractivity (Wildman–Crippen MR) is 138 cm³/mol. The number of nitrogens with zero attached hydrogens (tertiary/aromatic N) is 2. The Balaban J connectivity index is 1.69. The maximum absolute atomic E-state index is 13.3. The Bertz CT molecular complexity index is 1000. The maximum Gasteiger partial charge on any atom is 0.240 e. The number of rotatable bonds is 7. The smallest absolute Gasteiger partial charge is 0.240 e. The molecule has 2 N–H and O–H groups in total. The molecule has 6 nitrogen and oxygen atoms in total. The number of ether oxygens (including phenoxy) is 1. The van der Waals surface area contributed by atoms with Crippen LogP contribution in [0.25, 0.3) is 10.4 Å². The van der Waals surface area contributed by atoms with E-state index in [1.165, 1.54) is 4.88 Å². The second-order valence-electron chi connectivity index (χ2n) is 11.4. The van der Waals surface area contributed by atoms with E-state index in [9.17, 15) is 9.59 Å². The molecule has 0 radical (unpaired) electrons. The minimum absolute atomic E-state index is 0.0665. The van der Waals surface area contributed by atoms with Crippen LogP contribution < -0.4 is 5.73 Å². The number of aromatic nitrogens is 1. The van der Waals surface area contributed by atoms with Crippen molar-refractivity contribution in [2.75, 3.05) is 6.54 Å². The van der Waals surface area contributed by atoms with Crippen molar-refractivity contribution in [3.05, 3.63) is 41.0 Å². The fourth-order valence-electron chi connectivity index (χ4n) is 4.32. The van der Waals surface area contributed by atoms with Crippen LogP contribution in [-0.2, 0) is 20.7 Å². The number of amides is 1. The average molecular weight is 486 g/mol. The molecule has 0 spiro atoms. The molecule has 3 rings (SSSR count). The molecule has 34 heavy (non-hydrogen) atoms. The number of nitrogens with two attached hydrogens (primary N) is 1. The number of likely N-dealkylation sites (tertiary alicyclic amines) is 1. The summed E-state index contributed by atoms with van der Waals surface area (Å²) < 4.78 is 6.15. The van der Waals surface area contributed by atoms with E-state index in [4.69, 9.17) is 10.5 Å². The van der Waals surface area contributed by atoms with Gasteiger partial charge in [0.25, 0.3) is 0 Å². The molecule has 1 saturated heterocycles. The van der Waals surface area contributed by atoms with Gasteiger partial charge in [0.05, 0.1) is 39.9 Å². The number of thiazole rings is 1. The summed E-state index contributed by atoms with van der Waals surface area (Å²) in [5.74, 6) is -0.105. The lowest BCUT2D eigenvalue weighted by molar-refractivity contribution is -0.140. The number of carbonyl (C=O) groups excluding carboxylic acids is 2. The Morgan fingerprint density at radius 3 is 2.35 bits per heavy atom. The highest BCUT2D eigenvalue weighted by Crippen LogP contribution is 2.30. The molecule has 2 aromatic rings. The van der Waals surface area contributed by atoms with Gasteiger partial charge in [0.2, 0.25) is 5.91 Å². The minimum Gasteiger partial charge on any atom is -0.371 e. The van der Waals surface area contributed by atoms with E-state index in [1.807, 2.05) is 54.0 Å². The summed E-state index contributed by atoms with van der Waals surface area (Å²) in [6.45, 7) is 14.2. The third kappa shape index (κ3) is 6.52. The summed E-state index contributed by atoms with van der Waals surface area (Å²) in [6, 6.07) is 7.15. The molecule has 0 aliphatic carbocycles. The van der Waals surface area contributed by atoms with Crippen molar-refractivity contribution in [2.45, 2.75) is 91.5 Å². The van der Waals surface area contributed by atoms with Crippen molar-refractivity contribution in [1.29, 1.82) is 0 Å². The Morgan fingerprint density at radius 2 is 1.82 bits per heavy atom. The molecule has 1 fully saturated rings. The van der Waals surface area contributed by atoms with E-state index in [0.717, 1.165) is 16.8 Å². The first kappa shape index (κ1) is 26.5. The van der Waals surface area contributed by atoms with Crippen LogP contribution in [-0.4, -0.2) is 51.9 Å². The van der Waals surface area contributed by atoms with Crippen LogP contribution in [0.4, 0.5) is 0 Å². The van der Waals surface area contributed by atoms with Gasteiger partial charge >= 0.3 is 0 Å². The standard InChI is InChI=1S/C27H39N3O3S/c1-17-23(34-16-29-17)19-11-8-18(9-12-19)10-13-22(31)21-14-20(33-27(5,6)7)15-30(21)25(32)24(28)26(2,3)4/h8-9,11-12,16,20-21,24H,10,13-15,28H2,1-7H3/t20-,21+,24-/m1/s1. The third-order valence-corrected chi connectivity index (χ3v) is 7.24. The van der Waals surface area contributed by atoms with Gasteiger partial charge in [0.1, 0.15) is 0 Å². The molecule has 186 valence electrons. The molecular formula is C27H39N3O3S. The van der Waals surface area contributed by atoms with Crippen LogP contribution in [0.15, 0.2) is 29.8 Å². The van der Waals surface area contributed by atoms with Gasteiger partial charge < -0.3 is 15.4 Å². The third-order valence-electron chi connectivity index (χ3n) is 6.26. The topological polar surface area (TPSA) is 85.5 Å². The summed E-state index contributed by atoms with van der Waals surface area (Å²) in [5.41, 5.74) is 10.7. The van der Waals surface area contributed by atoms with Crippen LogP contribution in [0.3, 0.4) is 0 Å². The van der Waals surface area contributed by atoms with E-state index in [-0.39, 0.29) is 28.8 Å². The largest absolute Gasteiger partial charge is 0.371 e. The summed E-state index contributed by atoms with van der Waals surface area (Å²) >= 11 is 1.63. The van der Waals surface area contributed by atoms with E-state index in [2.05, 4.69) is 29.2 Å². The van der Waals surface area contributed by atoms with Crippen LogP contribution in [0.1, 0.15) is 65.6 Å². The number of hydrogen-bond donors (Lipinski definition) is 1. The number of benzene rings is 1. The van der Waals surface area contributed by atoms with Crippen LogP contribution in [0.5, 0.6) is 0 Å². The fourth-order valence-corrected chi connectivity index (χ4v) is 5.13. The van der Waals surface area contributed by atoms with Crippen LogP contribution in [0, 0.1) is 12.3 Å². The van der Waals surface area contributed by atoms with Crippen molar-refractivity contribution < 1.29 is 14.3 Å². The Labute approximate surface area is 207 Å². The number of aryl methyl sites for hydroxylation is 2. The predicted octanol–water partition coefficient (Wildman–Crippen LogP) is 4.78. The molecule has 1 aromatic heterocycles. The van der Waals surface area contributed by atoms with Gasteiger partial charge in [-0.3, -0.25) is 9.59 Å². The minimum atomic E-state index is -0.668. The first-order valence-corrected chi connectivity index (χ1v) is 12.9. The van der Waals surface area contributed by atoms with E-state index < -0.39 is 12.1 Å². The van der Waals surface area contributed by atoms with Gasteiger partial charge in [0.15, 0.2) is 5.78 Å². The highest BCUT2D eigenvalue weighted by atomic mass is 32.1. The monoisotopic (exact) mass is 485 g/mol. The molecule has 0 bridgehead atoms. The Hall–Kier alpha value is -2.09. The number of Topliss-reactive ketones (excluding diaryl/α,β-unsaturated/α-hetero) is 1. The van der Waals surface area contributed by atoms with Crippen LogP contribution in [0.2, 0.25) is 0 Å². The molecule has 0 saturated carbocycles. The lowest BCUT2D eigenvalue weighted by atomic mass is 9.86. The lowest BCUT2D eigenvalue weighted by Crippen LogP contribution is -2.53. The number of ketones is 1. The highest BCUT2D eigenvalue weighted by molar-refractivity contribution is 7.13. The highest BCUT2D eigenvalue weighted by Gasteiger charge is 2.44. The van der Waals surface area contributed by atoms with Crippen molar-refractivity contribution >= 4 is 23.0 Å². The van der Waals surface area contributed by atoms with Crippen molar-refractivity contribution in [3.8, 4) is 10.4 Å². The maximum atomic E-state index is 13.3. The molecular weight excluding hydrogens is 446 g/mol. The molecule has 0 unspecified atom stereocenters. The SMILES string of the molecule is Cc1ncsc1-c1ccc(CCC(=O)[C@@H]2C[C@@H](OC(C)(C)C)CN2C(=O)[C@@H](N)C(C)(C)C)cc1. The Kier molecular flexibility index (Phi) is 8.00. The van der Waals surface area contributed by atoms with E-state index in [0.29, 0.717) is 25.8 Å². The molecule has 1 amide bonds. The van der Waals surface area contributed by atoms with Gasteiger partial charge in [-0.25, -0.2) is 4.98 Å².